The van der Waals surface area contributed by atoms with Crippen LogP contribution in [-0.4, -0.2) is 6.36 Å². The van der Waals surface area contributed by atoms with Gasteiger partial charge < -0.3 is 0 Å². The van der Waals surface area contributed by atoms with Gasteiger partial charge in [-0.2, -0.15) is 4.20 Å². The van der Waals surface area contributed by atoms with Crippen molar-refractivity contribution in [3.63, 3.8) is 0 Å². The van der Waals surface area contributed by atoms with Gasteiger partial charge in [-0.1, -0.05) is 0 Å². The van der Waals surface area contributed by atoms with Gasteiger partial charge in [-0.15, -0.1) is 13.2 Å². The molecule has 0 bridgehead atoms. The van der Waals surface area contributed by atoms with Crippen LogP contribution in [0.2, 0.25) is 0 Å². The average molecular weight is 218 g/mol. The van der Waals surface area contributed by atoms with Crippen molar-refractivity contribution >= 4 is 16.9 Å². The first-order chi connectivity index (χ1) is 4.81. The minimum atomic E-state index is -5.25. The van der Waals surface area contributed by atoms with Gasteiger partial charge in [-0.25, -0.2) is 4.52 Å². The standard InChI is InChI=1S/CF6NOP2/c2-1(3,4)9-11(7)8-10(5)6/q+1. The summed E-state index contributed by atoms with van der Waals surface area (Å²) >= 11 is 0. The van der Waals surface area contributed by atoms with Gasteiger partial charge in [0, 0.05) is 0 Å². The van der Waals surface area contributed by atoms with Gasteiger partial charge in [0.1, 0.15) is 0 Å². The van der Waals surface area contributed by atoms with Crippen LogP contribution in [0.25, 0.3) is 0 Å². The quantitative estimate of drug-likeness (QED) is 0.503. The molecule has 1 atom stereocenters. The van der Waals surface area contributed by atoms with Gasteiger partial charge in [0.25, 0.3) is 0 Å². The summed E-state index contributed by atoms with van der Waals surface area (Å²) in [5, 5.41) is 0. The molecule has 0 radical (unpaired) electrons. The molecule has 0 spiro atoms. The second-order valence-electron chi connectivity index (χ2n) is 1.07. The van der Waals surface area contributed by atoms with Crippen LogP contribution >= 0.6 is 16.9 Å². The first-order valence-corrected chi connectivity index (χ1v) is 4.04. The molecule has 0 aromatic rings. The van der Waals surface area contributed by atoms with Gasteiger partial charge in [0.2, 0.25) is 0 Å². The summed E-state index contributed by atoms with van der Waals surface area (Å²) in [5.41, 5.74) is 0. The highest BCUT2D eigenvalue weighted by Gasteiger charge is 2.37. The lowest BCUT2D eigenvalue weighted by atomic mass is 11.4. The Morgan fingerprint density at radius 2 is 1.73 bits per heavy atom. The highest BCUT2D eigenvalue weighted by Crippen LogP contribution is 2.52. The lowest BCUT2D eigenvalue weighted by molar-refractivity contribution is -0.273. The maximum absolute atomic E-state index is 11.6. The van der Waals surface area contributed by atoms with Gasteiger partial charge in [0.15, 0.2) is 0 Å². The second-order valence-corrected chi connectivity index (χ2v) is 2.85. The van der Waals surface area contributed by atoms with Gasteiger partial charge in [-0.05, 0) is 0 Å². The van der Waals surface area contributed by atoms with E-state index >= 15 is 0 Å². The van der Waals surface area contributed by atoms with Crippen molar-refractivity contribution in [3.8, 4) is 0 Å². The molecular weight excluding hydrogens is 218 g/mol. The van der Waals surface area contributed by atoms with Crippen LogP contribution in [0.15, 0.2) is 4.52 Å². The molecule has 0 saturated heterocycles. The molecule has 11 heavy (non-hydrogen) atoms. The number of hydrogen-bond acceptors (Lipinski definition) is 2. The molecule has 0 fully saturated rings. The summed E-state index contributed by atoms with van der Waals surface area (Å²) < 4.78 is 71.1. The molecule has 0 heterocycles. The Balaban J connectivity index is 3.89. The topological polar surface area (TPSA) is 21.6 Å². The van der Waals surface area contributed by atoms with Crippen LogP contribution in [0.1, 0.15) is 0 Å². The molecule has 2 nitrogen and oxygen atoms in total. The zero-order valence-electron chi connectivity index (χ0n) is 4.52. The average Bonchev–Trinajstić information content (AvgIpc) is 1.53. The minimum absolute atomic E-state index is 1.75. The van der Waals surface area contributed by atoms with Crippen molar-refractivity contribution in [3.05, 3.63) is 0 Å². The summed E-state index contributed by atoms with van der Waals surface area (Å²) in [6.45, 7) is 0. The van der Waals surface area contributed by atoms with Crippen LogP contribution in [-0.2, 0) is 4.52 Å². The van der Waals surface area contributed by atoms with E-state index in [1.54, 1.807) is 4.52 Å². The number of nitrogens with zero attached hydrogens (tertiary/aromatic N) is 1. The zero-order valence-corrected chi connectivity index (χ0v) is 6.31. The number of alkyl halides is 3. The van der Waals surface area contributed by atoms with E-state index in [9.17, 15) is 25.8 Å². The molecule has 0 aliphatic rings. The van der Waals surface area contributed by atoms with E-state index in [1.165, 1.54) is 0 Å². The Hall–Kier alpha value is 0.0700. The summed E-state index contributed by atoms with van der Waals surface area (Å²) in [6, 6.07) is 0. The van der Waals surface area contributed by atoms with Crippen molar-refractivity contribution in [1.29, 1.82) is 0 Å². The van der Waals surface area contributed by atoms with Crippen molar-refractivity contribution < 1.29 is 30.3 Å². The minimum Gasteiger partial charge on any atom is -0.215 e. The van der Waals surface area contributed by atoms with Crippen molar-refractivity contribution in [2.75, 3.05) is 0 Å². The maximum atomic E-state index is 11.6. The van der Waals surface area contributed by atoms with Crippen LogP contribution in [0.3, 0.4) is 0 Å². The van der Waals surface area contributed by atoms with E-state index in [4.69, 9.17) is 0 Å². The van der Waals surface area contributed by atoms with Crippen molar-refractivity contribution in [2.45, 2.75) is 6.36 Å². The molecule has 0 aromatic carbocycles. The fourth-order valence-corrected chi connectivity index (χ4v) is 0.899. The number of rotatable bonds is 2. The summed E-state index contributed by atoms with van der Waals surface area (Å²) in [4.78, 5) is 0. The van der Waals surface area contributed by atoms with Crippen LogP contribution in [0, 0.1) is 0 Å². The molecular formula is CF6NOP2+. The zero-order chi connectivity index (χ0) is 9.07. The van der Waals surface area contributed by atoms with E-state index in [1.807, 2.05) is 0 Å². The smallest absolute Gasteiger partial charge is 0.215 e. The predicted octanol–water partition coefficient (Wildman–Crippen LogP) is 4.15. The normalized spacial score (nSPS) is 14.4. The molecule has 66 valence electrons. The Morgan fingerprint density at radius 3 is 2.00 bits per heavy atom. The van der Waals surface area contributed by atoms with Gasteiger partial charge in [0.05, 0.1) is 12.9 Å². The van der Waals surface area contributed by atoms with Crippen LogP contribution in [0.5, 0.6) is 0 Å². The highest BCUT2D eigenvalue weighted by atomic mass is 31.2. The summed E-state index contributed by atoms with van der Waals surface area (Å²) in [5.74, 6) is 0. The van der Waals surface area contributed by atoms with E-state index < -0.39 is 23.3 Å². The molecule has 0 saturated carbocycles. The van der Waals surface area contributed by atoms with Crippen molar-refractivity contribution in [2.24, 2.45) is 4.52 Å². The molecule has 0 N–H and O–H groups in total. The Morgan fingerprint density at radius 1 is 1.27 bits per heavy atom. The van der Waals surface area contributed by atoms with E-state index in [-0.39, 0.29) is 0 Å². The second kappa shape index (κ2) is 4.18. The molecule has 0 aliphatic heterocycles. The monoisotopic (exact) mass is 218 g/mol. The predicted molar refractivity (Wildman–Crippen MR) is 26.7 cm³/mol. The molecule has 0 rings (SSSR count). The lowest BCUT2D eigenvalue weighted by Crippen LogP contribution is -2.07. The van der Waals surface area contributed by atoms with Gasteiger partial charge >= 0.3 is 23.3 Å². The number of halogens is 6. The lowest BCUT2D eigenvalue weighted by Gasteiger charge is -2.02. The number of hydrogen-bond donors (Lipinski definition) is 0. The summed E-state index contributed by atoms with van der Waals surface area (Å²) in [6.07, 6.45) is -5.25. The molecule has 0 aromatic heterocycles. The third kappa shape index (κ3) is 7.97. The highest BCUT2D eigenvalue weighted by molar-refractivity contribution is 7.53. The third-order valence-corrected chi connectivity index (χ3v) is 1.78. The van der Waals surface area contributed by atoms with Crippen molar-refractivity contribution in [1.82, 2.24) is 0 Å². The summed E-state index contributed by atoms with van der Waals surface area (Å²) in [7, 11) is -7.97. The van der Waals surface area contributed by atoms with E-state index in [0.717, 1.165) is 0 Å². The van der Waals surface area contributed by atoms with Crippen LogP contribution in [0.4, 0.5) is 25.8 Å². The van der Waals surface area contributed by atoms with Gasteiger partial charge in [-0.3, -0.25) is 0 Å². The third-order valence-electron chi connectivity index (χ3n) is 0.317. The van der Waals surface area contributed by atoms with Crippen LogP contribution < -0.4 is 0 Å². The fourth-order valence-electron chi connectivity index (χ4n) is 0.157. The first kappa shape index (κ1) is 11.1. The Kier molecular flexibility index (Phi) is 4.21. The van der Waals surface area contributed by atoms with E-state index in [2.05, 4.69) is 4.52 Å². The fraction of sp³-hybridized carbons (Fsp3) is 1.00. The molecule has 0 aliphatic carbocycles. The molecule has 0 amide bonds. The SMILES string of the molecule is FP(N=[P+](F)F)OC(F)(F)F. The molecule has 1 unspecified atom stereocenters. The van der Waals surface area contributed by atoms with E-state index in [0.29, 0.717) is 0 Å². The molecule has 10 heteroatoms. The Bertz CT molecular complexity index is 151. The maximum Gasteiger partial charge on any atom is 0.667 e. The Labute approximate surface area is 59.3 Å². The largest absolute Gasteiger partial charge is 0.667 e. The first-order valence-electron chi connectivity index (χ1n) is 1.86.